The van der Waals surface area contributed by atoms with Crippen LogP contribution in [-0.4, -0.2) is 27.9 Å². The van der Waals surface area contributed by atoms with E-state index in [1.165, 1.54) is 5.56 Å². The third-order valence-corrected chi connectivity index (χ3v) is 3.54. The van der Waals surface area contributed by atoms with E-state index in [2.05, 4.69) is 29.6 Å². The third kappa shape index (κ3) is 5.34. The van der Waals surface area contributed by atoms with E-state index in [9.17, 15) is 0 Å². The Hall–Kier alpha value is -1.91. The highest BCUT2D eigenvalue weighted by Crippen LogP contribution is 2.34. The molecule has 0 fully saturated rings. The summed E-state index contributed by atoms with van der Waals surface area (Å²) in [6, 6.07) is 14.2. The number of hydrogen-bond acceptors (Lipinski definition) is 4. The maximum absolute atomic E-state index is 5.43. The van der Waals surface area contributed by atoms with Crippen LogP contribution < -0.4 is 31.9 Å². The van der Waals surface area contributed by atoms with E-state index < -0.39 is 0 Å². The first-order valence-corrected chi connectivity index (χ1v) is 7.32. The Bertz CT molecular complexity index is 590. The van der Waals surface area contributed by atoms with Crippen molar-refractivity contribution < 1.29 is 26.6 Å². The van der Waals surface area contributed by atoms with Crippen molar-refractivity contribution in [3.63, 3.8) is 0 Å². The van der Waals surface area contributed by atoms with Crippen molar-refractivity contribution in [2.75, 3.05) is 27.9 Å². The Morgan fingerprint density at radius 1 is 0.826 bits per heavy atom. The van der Waals surface area contributed by atoms with E-state index in [4.69, 9.17) is 14.2 Å². The lowest BCUT2D eigenvalue weighted by Gasteiger charge is -2.14. The molecule has 5 heteroatoms. The molecule has 2 rings (SSSR count). The predicted octanol–water partition coefficient (Wildman–Crippen LogP) is 0.0487. The average Bonchev–Trinajstić information content (AvgIpc) is 2.58. The summed E-state index contributed by atoms with van der Waals surface area (Å²) in [6.45, 7) is 1.62. The topological polar surface area (TPSA) is 39.7 Å². The molecule has 126 valence electrons. The Kier molecular flexibility index (Phi) is 8.30. The van der Waals surface area contributed by atoms with Gasteiger partial charge in [-0.05, 0) is 24.6 Å². The molecule has 0 spiro atoms. The van der Waals surface area contributed by atoms with Crippen LogP contribution in [0.5, 0.6) is 17.2 Å². The van der Waals surface area contributed by atoms with Gasteiger partial charge in [-0.25, -0.2) is 0 Å². The van der Waals surface area contributed by atoms with Crippen molar-refractivity contribution in [1.82, 2.24) is 5.32 Å². The van der Waals surface area contributed by atoms with Gasteiger partial charge in [0.15, 0.2) is 11.5 Å². The zero-order valence-corrected chi connectivity index (χ0v) is 14.5. The molecule has 0 aliphatic heterocycles. The lowest BCUT2D eigenvalue weighted by Crippen LogP contribution is -3.00. The van der Waals surface area contributed by atoms with Crippen LogP contribution in [0.15, 0.2) is 42.5 Å². The smallest absolute Gasteiger partial charge is 0.164 e. The number of halogens is 1. The van der Waals surface area contributed by atoms with Gasteiger partial charge >= 0.3 is 0 Å². The van der Waals surface area contributed by atoms with Crippen LogP contribution in [0.1, 0.15) is 11.1 Å². The second-order valence-corrected chi connectivity index (χ2v) is 4.93. The molecule has 2 aromatic carbocycles. The second kappa shape index (κ2) is 9.98. The molecule has 0 aliphatic carbocycles. The molecular weight excluding hydrogens is 314 g/mol. The summed E-state index contributed by atoms with van der Waals surface area (Å²) >= 11 is 0. The Labute approximate surface area is 144 Å². The van der Waals surface area contributed by atoms with E-state index >= 15 is 0 Å². The van der Waals surface area contributed by atoms with Crippen molar-refractivity contribution in [1.29, 1.82) is 0 Å². The molecule has 0 saturated heterocycles. The highest BCUT2D eigenvalue weighted by atomic mass is 35.5. The molecule has 0 heterocycles. The summed E-state index contributed by atoms with van der Waals surface area (Å²) in [6.07, 6.45) is 0.996. The first-order chi connectivity index (χ1) is 10.8. The number of benzene rings is 2. The van der Waals surface area contributed by atoms with Crippen molar-refractivity contribution >= 4 is 0 Å². The number of methoxy groups -OCH3 is 3. The van der Waals surface area contributed by atoms with Crippen LogP contribution in [0.3, 0.4) is 0 Å². The zero-order valence-electron chi connectivity index (χ0n) is 13.8. The third-order valence-electron chi connectivity index (χ3n) is 3.54. The average molecular weight is 337 g/mol. The molecule has 0 radical (unpaired) electrons. The van der Waals surface area contributed by atoms with Gasteiger partial charge in [0.05, 0.1) is 21.3 Å². The number of ether oxygens (including phenoxy) is 3. The monoisotopic (exact) mass is 336 g/mol. The summed E-state index contributed by atoms with van der Waals surface area (Å²) in [7, 11) is 4.92. The fourth-order valence-electron chi connectivity index (χ4n) is 2.33. The highest BCUT2D eigenvalue weighted by Gasteiger charge is 2.11. The van der Waals surface area contributed by atoms with Gasteiger partial charge in [-0.15, -0.1) is 0 Å². The van der Waals surface area contributed by atoms with Gasteiger partial charge < -0.3 is 31.9 Å². The van der Waals surface area contributed by atoms with Crippen LogP contribution in [0.4, 0.5) is 0 Å². The summed E-state index contributed by atoms with van der Waals surface area (Å²) < 4.78 is 16.1. The van der Waals surface area contributed by atoms with Crippen molar-refractivity contribution in [3.8, 4) is 17.2 Å². The highest BCUT2D eigenvalue weighted by molar-refractivity contribution is 5.50. The number of rotatable bonds is 8. The molecule has 0 aliphatic rings. The van der Waals surface area contributed by atoms with Gasteiger partial charge in [-0.1, -0.05) is 30.3 Å². The minimum absolute atomic E-state index is 0. The largest absolute Gasteiger partial charge is 1.00 e. The SMILES string of the molecule is COc1cc(OC)c(OC)cc1CNCCc1ccccc1.[Cl-]. The molecule has 0 aromatic heterocycles. The lowest BCUT2D eigenvalue weighted by molar-refractivity contribution is -0.00000538. The fourth-order valence-corrected chi connectivity index (χ4v) is 2.33. The number of nitrogens with one attached hydrogen (secondary N) is 1. The maximum atomic E-state index is 5.43. The molecule has 23 heavy (non-hydrogen) atoms. The summed E-state index contributed by atoms with van der Waals surface area (Å²) in [5, 5.41) is 3.44. The van der Waals surface area contributed by atoms with Crippen molar-refractivity contribution in [3.05, 3.63) is 53.6 Å². The Balaban J connectivity index is 0.00000264. The molecule has 0 bridgehead atoms. The Morgan fingerprint density at radius 3 is 2.04 bits per heavy atom. The maximum Gasteiger partial charge on any atom is 0.164 e. The van der Waals surface area contributed by atoms with E-state index in [0.29, 0.717) is 11.5 Å². The van der Waals surface area contributed by atoms with Gasteiger partial charge in [0.1, 0.15) is 5.75 Å². The van der Waals surface area contributed by atoms with Crippen LogP contribution in [0.25, 0.3) is 0 Å². The zero-order chi connectivity index (χ0) is 15.8. The minimum Gasteiger partial charge on any atom is -1.00 e. The van der Waals surface area contributed by atoms with Gasteiger partial charge in [0.2, 0.25) is 0 Å². The predicted molar refractivity (Wildman–Crippen MR) is 88.0 cm³/mol. The molecule has 0 saturated carbocycles. The fraction of sp³-hybridized carbons (Fsp3) is 0.333. The van der Waals surface area contributed by atoms with E-state index in [0.717, 1.165) is 30.8 Å². The van der Waals surface area contributed by atoms with Crippen LogP contribution in [-0.2, 0) is 13.0 Å². The first-order valence-electron chi connectivity index (χ1n) is 7.32. The van der Waals surface area contributed by atoms with E-state index in [1.807, 2.05) is 18.2 Å². The number of hydrogen-bond donors (Lipinski definition) is 1. The van der Waals surface area contributed by atoms with Crippen LogP contribution in [0.2, 0.25) is 0 Å². The quantitative estimate of drug-likeness (QED) is 0.692. The van der Waals surface area contributed by atoms with Gasteiger partial charge in [0, 0.05) is 18.2 Å². The van der Waals surface area contributed by atoms with E-state index in [1.54, 1.807) is 21.3 Å². The molecule has 0 atom stereocenters. The van der Waals surface area contributed by atoms with Crippen LogP contribution >= 0.6 is 0 Å². The molecular formula is C18H23ClNO3-. The molecule has 1 N–H and O–H groups in total. The second-order valence-electron chi connectivity index (χ2n) is 4.93. The molecule has 4 nitrogen and oxygen atoms in total. The molecule has 2 aromatic rings. The first kappa shape index (κ1) is 19.1. The lowest BCUT2D eigenvalue weighted by atomic mass is 10.1. The van der Waals surface area contributed by atoms with Gasteiger partial charge in [-0.3, -0.25) is 0 Å². The summed E-state index contributed by atoms with van der Waals surface area (Å²) in [5.41, 5.74) is 2.38. The van der Waals surface area contributed by atoms with Crippen molar-refractivity contribution in [2.45, 2.75) is 13.0 Å². The van der Waals surface area contributed by atoms with Gasteiger partial charge in [0.25, 0.3) is 0 Å². The van der Waals surface area contributed by atoms with Gasteiger partial charge in [-0.2, -0.15) is 0 Å². The minimum atomic E-state index is 0. The molecule has 0 amide bonds. The van der Waals surface area contributed by atoms with E-state index in [-0.39, 0.29) is 12.4 Å². The Morgan fingerprint density at radius 2 is 1.43 bits per heavy atom. The van der Waals surface area contributed by atoms with Crippen LogP contribution in [0, 0.1) is 0 Å². The summed E-state index contributed by atoms with van der Waals surface area (Å²) in [5.74, 6) is 2.18. The standard InChI is InChI=1S/C18H23NO3.ClH/c1-20-16-12-18(22-3)17(21-2)11-15(16)13-19-10-9-14-7-5-4-6-8-14;/h4-8,11-12,19H,9-10,13H2,1-3H3;1H/p-1. The molecule has 0 unspecified atom stereocenters. The van der Waals surface area contributed by atoms with Crippen molar-refractivity contribution in [2.24, 2.45) is 0 Å². The normalized spacial score (nSPS) is 9.87. The summed E-state index contributed by atoms with van der Waals surface area (Å²) in [4.78, 5) is 0.